The maximum atomic E-state index is 4.72. The van der Waals surface area contributed by atoms with Crippen LogP contribution in [0.2, 0.25) is 0 Å². The molecule has 6 nitrogen and oxygen atoms in total. The van der Waals surface area contributed by atoms with Crippen LogP contribution in [0, 0.1) is 6.92 Å². The predicted octanol–water partition coefficient (Wildman–Crippen LogP) is 2.87. The van der Waals surface area contributed by atoms with Gasteiger partial charge < -0.3 is 5.32 Å². The van der Waals surface area contributed by atoms with E-state index in [1.54, 1.807) is 18.6 Å². The van der Waals surface area contributed by atoms with Crippen LogP contribution in [0.4, 0.5) is 11.6 Å². The van der Waals surface area contributed by atoms with Crippen molar-refractivity contribution in [1.29, 1.82) is 0 Å². The number of rotatable bonds is 4. The van der Waals surface area contributed by atoms with E-state index in [0.717, 1.165) is 36.8 Å². The Morgan fingerprint density at radius 3 is 2.91 bits per heavy atom. The summed E-state index contributed by atoms with van der Waals surface area (Å²) >= 11 is 0. The van der Waals surface area contributed by atoms with Crippen molar-refractivity contribution in [3.8, 4) is 0 Å². The Labute approximate surface area is 131 Å². The van der Waals surface area contributed by atoms with Crippen molar-refractivity contribution in [2.24, 2.45) is 0 Å². The lowest BCUT2D eigenvalue weighted by atomic mass is 10.0. The molecule has 1 unspecified atom stereocenters. The second kappa shape index (κ2) is 6.79. The van der Waals surface area contributed by atoms with Crippen molar-refractivity contribution < 1.29 is 0 Å². The molecule has 0 bridgehead atoms. The van der Waals surface area contributed by atoms with Gasteiger partial charge in [0.2, 0.25) is 0 Å². The van der Waals surface area contributed by atoms with Gasteiger partial charge >= 0.3 is 0 Å². The van der Waals surface area contributed by atoms with Crippen molar-refractivity contribution in [2.45, 2.75) is 39.2 Å². The second-order valence-electron chi connectivity index (χ2n) is 5.61. The number of aromatic nitrogens is 4. The van der Waals surface area contributed by atoms with E-state index in [2.05, 4.69) is 32.1 Å². The lowest BCUT2D eigenvalue weighted by Gasteiger charge is -2.33. The summed E-state index contributed by atoms with van der Waals surface area (Å²) < 4.78 is 0. The van der Waals surface area contributed by atoms with Crippen LogP contribution < -0.4 is 5.32 Å². The summed E-state index contributed by atoms with van der Waals surface area (Å²) in [5, 5.41) is 3.21. The van der Waals surface area contributed by atoms with Crippen LogP contribution in [-0.4, -0.2) is 37.9 Å². The summed E-state index contributed by atoms with van der Waals surface area (Å²) in [7, 11) is 0. The first-order valence-corrected chi connectivity index (χ1v) is 7.89. The molecule has 1 aliphatic heterocycles. The summed E-state index contributed by atoms with van der Waals surface area (Å²) in [6.45, 7) is 6.37. The smallest absolute Gasteiger partial charge is 0.150 e. The molecular formula is C16H22N6. The standard InChI is InChI=1S/C16H22N6/c1-3-22-9-5-4-6-13(22)16-19-12(2)10-14(21-16)20-15-11-17-7-8-18-15/h7-8,10-11,13H,3-6,9H2,1-2H3,(H,18,19,20,21). The van der Waals surface area contributed by atoms with Crippen LogP contribution in [0.25, 0.3) is 0 Å². The molecular weight excluding hydrogens is 276 g/mol. The molecule has 0 aromatic carbocycles. The molecule has 1 atom stereocenters. The molecule has 116 valence electrons. The zero-order valence-electron chi connectivity index (χ0n) is 13.2. The Morgan fingerprint density at radius 1 is 1.23 bits per heavy atom. The van der Waals surface area contributed by atoms with Crippen LogP contribution in [-0.2, 0) is 0 Å². The highest BCUT2D eigenvalue weighted by Gasteiger charge is 2.25. The van der Waals surface area contributed by atoms with E-state index in [-0.39, 0.29) is 0 Å². The molecule has 1 fully saturated rings. The molecule has 3 rings (SSSR count). The number of piperidine rings is 1. The van der Waals surface area contributed by atoms with E-state index in [4.69, 9.17) is 4.98 Å². The Balaban J connectivity index is 1.86. The molecule has 3 heterocycles. The first-order chi connectivity index (χ1) is 10.8. The largest absolute Gasteiger partial charge is 0.324 e. The molecule has 2 aromatic heterocycles. The fourth-order valence-electron chi connectivity index (χ4n) is 2.96. The minimum atomic E-state index is 0.320. The Kier molecular flexibility index (Phi) is 4.58. The Bertz CT molecular complexity index is 615. The minimum Gasteiger partial charge on any atom is -0.324 e. The lowest BCUT2D eigenvalue weighted by Crippen LogP contribution is -2.34. The fourth-order valence-corrected chi connectivity index (χ4v) is 2.96. The molecule has 1 aliphatic rings. The normalized spacial score (nSPS) is 19.1. The highest BCUT2D eigenvalue weighted by Crippen LogP contribution is 2.29. The lowest BCUT2D eigenvalue weighted by molar-refractivity contribution is 0.150. The molecule has 0 saturated carbocycles. The molecule has 2 aromatic rings. The van der Waals surface area contributed by atoms with Gasteiger partial charge in [0.1, 0.15) is 17.5 Å². The Morgan fingerprint density at radius 2 is 2.14 bits per heavy atom. The van der Waals surface area contributed by atoms with Gasteiger partial charge in [-0.3, -0.25) is 9.88 Å². The zero-order chi connectivity index (χ0) is 15.4. The Hall–Kier alpha value is -2.08. The van der Waals surface area contributed by atoms with E-state index in [0.29, 0.717) is 11.9 Å². The van der Waals surface area contributed by atoms with E-state index in [1.165, 1.54) is 12.8 Å². The average molecular weight is 298 g/mol. The zero-order valence-corrected chi connectivity index (χ0v) is 13.2. The number of nitrogens with zero attached hydrogens (tertiary/aromatic N) is 5. The number of nitrogens with one attached hydrogen (secondary N) is 1. The van der Waals surface area contributed by atoms with E-state index >= 15 is 0 Å². The maximum Gasteiger partial charge on any atom is 0.150 e. The molecule has 0 aliphatic carbocycles. The highest BCUT2D eigenvalue weighted by molar-refractivity contribution is 5.50. The van der Waals surface area contributed by atoms with Crippen molar-refractivity contribution >= 4 is 11.6 Å². The summed E-state index contributed by atoms with van der Waals surface area (Å²) in [5.74, 6) is 2.39. The molecule has 22 heavy (non-hydrogen) atoms. The van der Waals surface area contributed by atoms with Crippen LogP contribution in [0.3, 0.4) is 0 Å². The van der Waals surface area contributed by atoms with E-state index in [9.17, 15) is 0 Å². The van der Waals surface area contributed by atoms with Gasteiger partial charge in [0.05, 0.1) is 12.2 Å². The maximum absolute atomic E-state index is 4.72. The van der Waals surface area contributed by atoms with Gasteiger partial charge in [-0.2, -0.15) is 0 Å². The van der Waals surface area contributed by atoms with Crippen LogP contribution in [0.1, 0.15) is 43.7 Å². The van der Waals surface area contributed by atoms with Crippen molar-refractivity contribution in [2.75, 3.05) is 18.4 Å². The summed E-state index contributed by atoms with van der Waals surface area (Å²) in [5.41, 5.74) is 0.970. The molecule has 6 heteroatoms. The van der Waals surface area contributed by atoms with Gasteiger partial charge in [-0.15, -0.1) is 0 Å². The van der Waals surface area contributed by atoms with Gasteiger partial charge in [0, 0.05) is 24.2 Å². The number of aryl methyl sites for hydroxylation is 1. The summed E-state index contributed by atoms with van der Waals surface area (Å²) in [6, 6.07) is 2.26. The highest BCUT2D eigenvalue weighted by atomic mass is 15.2. The third-order valence-electron chi connectivity index (χ3n) is 4.01. The van der Waals surface area contributed by atoms with Gasteiger partial charge in [-0.1, -0.05) is 13.3 Å². The van der Waals surface area contributed by atoms with Gasteiger partial charge in [0.25, 0.3) is 0 Å². The van der Waals surface area contributed by atoms with Crippen molar-refractivity contribution in [3.63, 3.8) is 0 Å². The minimum absolute atomic E-state index is 0.320. The molecule has 0 spiro atoms. The third kappa shape index (κ3) is 3.39. The van der Waals surface area contributed by atoms with Gasteiger partial charge in [-0.25, -0.2) is 15.0 Å². The summed E-state index contributed by atoms with van der Waals surface area (Å²) in [4.78, 5) is 20.1. The summed E-state index contributed by atoms with van der Waals surface area (Å²) in [6.07, 6.45) is 8.64. The number of hydrogen-bond donors (Lipinski definition) is 1. The first kappa shape index (κ1) is 14.8. The second-order valence-corrected chi connectivity index (χ2v) is 5.61. The number of likely N-dealkylation sites (tertiary alicyclic amines) is 1. The molecule has 0 amide bonds. The third-order valence-corrected chi connectivity index (χ3v) is 4.01. The average Bonchev–Trinajstić information content (AvgIpc) is 2.55. The number of anilines is 2. The van der Waals surface area contributed by atoms with Crippen LogP contribution in [0.15, 0.2) is 24.7 Å². The van der Waals surface area contributed by atoms with Crippen LogP contribution in [0.5, 0.6) is 0 Å². The first-order valence-electron chi connectivity index (χ1n) is 7.89. The molecule has 1 saturated heterocycles. The van der Waals surface area contributed by atoms with Crippen molar-refractivity contribution in [1.82, 2.24) is 24.8 Å². The van der Waals surface area contributed by atoms with E-state index in [1.807, 2.05) is 13.0 Å². The predicted molar refractivity (Wildman–Crippen MR) is 85.9 cm³/mol. The van der Waals surface area contributed by atoms with Crippen LogP contribution >= 0.6 is 0 Å². The molecule has 1 N–H and O–H groups in total. The van der Waals surface area contributed by atoms with E-state index < -0.39 is 0 Å². The fraction of sp³-hybridized carbons (Fsp3) is 0.500. The topological polar surface area (TPSA) is 66.8 Å². The number of hydrogen-bond acceptors (Lipinski definition) is 6. The molecule has 0 radical (unpaired) electrons. The van der Waals surface area contributed by atoms with Crippen molar-refractivity contribution in [3.05, 3.63) is 36.2 Å². The van der Waals surface area contributed by atoms with Gasteiger partial charge in [-0.05, 0) is 32.9 Å². The quantitative estimate of drug-likeness (QED) is 0.936. The SMILES string of the molecule is CCN1CCCCC1c1nc(C)cc(Nc2cnccn2)n1. The van der Waals surface area contributed by atoms with Gasteiger partial charge in [0.15, 0.2) is 0 Å². The monoisotopic (exact) mass is 298 g/mol.